The number of hydrogen-bond donors (Lipinski definition) is 2. The summed E-state index contributed by atoms with van der Waals surface area (Å²) in [6.07, 6.45) is 19.1. The zero-order chi connectivity index (χ0) is 29.5. The van der Waals surface area contributed by atoms with Gasteiger partial charge in [0, 0.05) is 6.42 Å². The lowest BCUT2D eigenvalue weighted by molar-refractivity contribution is -0.152. The molecule has 2 unspecified atom stereocenters. The minimum absolute atomic E-state index is 0.246. The molecular formula is C31H52O8S. The Labute approximate surface area is 242 Å². The van der Waals surface area contributed by atoms with E-state index in [0.717, 1.165) is 25.7 Å². The maximum atomic E-state index is 12.5. The second kappa shape index (κ2) is 22.5. The van der Waals surface area contributed by atoms with E-state index < -0.39 is 39.8 Å². The Balaban J connectivity index is 2.31. The molecule has 0 amide bonds. The molecule has 0 saturated heterocycles. The Morgan fingerprint density at radius 3 is 1.68 bits per heavy atom. The van der Waals surface area contributed by atoms with Gasteiger partial charge < -0.3 is 14.6 Å². The van der Waals surface area contributed by atoms with E-state index in [1.54, 1.807) is 12.1 Å². The number of ether oxygens (including phenoxy) is 2. The summed E-state index contributed by atoms with van der Waals surface area (Å²) in [4.78, 5) is 23.5. The molecule has 0 aliphatic heterocycles. The summed E-state index contributed by atoms with van der Waals surface area (Å²) in [7, 11) is -4.91. The third kappa shape index (κ3) is 19.0. The maximum Gasteiger partial charge on any atom is 0.327 e. The Bertz CT molecular complexity index is 888. The molecule has 1 rings (SSSR count). The first-order valence-corrected chi connectivity index (χ1v) is 16.8. The number of aliphatic carboxylic acids is 1. The maximum absolute atomic E-state index is 12.5. The molecule has 0 fully saturated rings. The first-order chi connectivity index (χ1) is 19.2. The highest BCUT2D eigenvalue weighted by molar-refractivity contribution is 7.87. The van der Waals surface area contributed by atoms with E-state index in [1.807, 2.05) is 18.2 Å². The normalized spacial score (nSPS) is 13.1. The molecule has 0 heterocycles. The summed E-state index contributed by atoms with van der Waals surface area (Å²) in [6, 6.07) is 9.15. The lowest BCUT2D eigenvalue weighted by atomic mass is 10.0. The van der Waals surface area contributed by atoms with Crippen LogP contribution in [0.3, 0.4) is 0 Å². The van der Waals surface area contributed by atoms with E-state index in [2.05, 4.69) is 6.92 Å². The van der Waals surface area contributed by atoms with Crippen LogP contribution in [0.1, 0.15) is 129 Å². The first-order valence-electron chi connectivity index (χ1n) is 15.3. The summed E-state index contributed by atoms with van der Waals surface area (Å²) < 4.78 is 43.6. The molecule has 2 N–H and O–H groups in total. The van der Waals surface area contributed by atoms with Crippen LogP contribution in [0.4, 0.5) is 0 Å². The summed E-state index contributed by atoms with van der Waals surface area (Å²) in [5.41, 5.74) is 0. The highest BCUT2D eigenvalue weighted by Gasteiger charge is 2.36. The van der Waals surface area contributed by atoms with Gasteiger partial charge in [0.05, 0.1) is 13.0 Å². The zero-order valence-electron chi connectivity index (χ0n) is 24.4. The molecule has 0 aliphatic carbocycles. The van der Waals surface area contributed by atoms with Gasteiger partial charge in [-0.3, -0.25) is 14.1 Å². The lowest BCUT2D eigenvalue weighted by Gasteiger charge is -2.20. The number of carboxylic acid groups (broad SMARTS) is 1. The number of unbranched alkanes of at least 4 members (excludes halogenated alkanes) is 15. The van der Waals surface area contributed by atoms with E-state index in [-0.39, 0.29) is 6.61 Å². The van der Waals surface area contributed by atoms with Crippen molar-refractivity contribution in [1.29, 1.82) is 0 Å². The van der Waals surface area contributed by atoms with Gasteiger partial charge in [-0.15, -0.1) is 0 Å². The van der Waals surface area contributed by atoms with Crippen LogP contribution < -0.4 is 4.74 Å². The summed E-state index contributed by atoms with van der Waals surface area (Å²) in [5.74, 6) is -2.09. The first kappa shape index (κ1) is 35.9. The van der Waals surface area contributed by atoms with Gasteiger partial charge in [0.1, 0.15) is 11.9 Å². The standard InChI is InChI=1S/C31H52O8S/c1-2-3-4-5-6-7-8-9-10-11-12-13-14-15-16-18-23-28(24-25-38-27-21-19-17-20-22-27)39-31(34)29(26-30(32)33)40(35,36)37/h17,19-22,28-29H,2-16,18,23-26H2,1H3,(H,32,33)(H,35,36,37). The Kier molecular flexibility index (Phi) is 20.2. The van der Waals surface area contributed by atoms with Crippen LogP contribution >= 0.6 is 0 Å². The number of carbonyl (C=O) groups excluding carboxylic acids is 1. The molecular weight excluding hydrogens is 532 g/mol. The fourth-order valence-corrected chi connectivity index (χ4v) is 5.37. The van der Waals surface area contributed by atoms with Crippen LogP contribution in [0, 0.1) is 0 Å². The van der Waals surface area contributed by atoms with Gasteiger partial charge in [0.2, 0.25) is 0 Å². The number of hydrogen-bond acceptors (Lipinski definition) is 6. The van der Waals surface area contributed by atoms with Crippen molar-refractivity contribution in [3.8, 4) is 5.75 Å². The molecule has 0 spiro atoms. The van der Waals surface area contributed by atoms with E-state index in [9.17, 15) is 22.6 Å². The highest BCUT2D eigenvalue weighted by atomic mass is 32.2. The molecule has 40 heavy (non-hydrogen) atoms. The van der Waals surface area contributed by atoms with Crippen molar-refractivity contribution in [3.05, 3.63) is 30.3 Å². The predicted molar refractivity (Wildman–Crippen MR) is 158 cm³/mol. The molecule has 0 radical (unpaired) electrons. The zero-order valence-corrected chi connectivity index (χ0v) is 25.3. The van der Waals surface area contributed by atoms with Crippen LogP contribution in [0.15, 0.2) is 30.3 Å². The van der Waals surface area contributed by atoms with Crippen molar-refractivity contribution in [3.63, 3.8) is 0 Å². The number of carbonyl (C=O) groups is 2. The molecule has 9 heteroatoms. The molecule has 1 aromatic carbocycles. The van der Waals surface area contributed by atoms with Crippen molar-refractivity contribution in [2.24, 2.45) is 0 Å². The molecule has 0 saturated carbocycles. The number of carboxylic acids is 1. The van der Waals surface area contributed by atoms with Gasteiger partial charge in [-0.25, -0.2) is 0 Å². The molecule has 8 nitrogen and oxygen atoms in total. The largest absolute Gasteiger partial charge is 0.493 e. The minimum atomic E-state index is -4.91. The van der Waals surface area contributed by atoms with E-state index >= 15 is 0 Å². The van der Waals surface area contributed by atoms with E-state index in [0.29, 0.717) is 18.6 Å². The van der Waals surface area contributed by atoms with Gasteiger partial charge in [0.15, 0.2) is 5.25 Å². The monoisotopic (exact) mass is 584 g/mol. The van der Waals surface area contributed by atoms with Gasteiger partial charge in [-0.05, 0) is 25.0 Å². The molecule has 2 atom stereocenters. The molecule has 230 valence electrons. The van der Waals surface area contributed by atoms with Crippen LogP contribution in [-0.2, 0) is 24.4 Å². The second-order valence-corrected chi connectivity index (χ2v) is 12.3. The van der Waals surface area contributed by atoms with Crippen molar-refractivity contribution >= 4 is 22.1 Å². The predicted octanol–water partition coefficient (Wildman–Crippen LogP) is 7.75. The Hall–Kier alpha value is -2.13. The Morgan fingerprint density at radius 1 is 0.750 bits per heavy atom. The lowest BCUT2D eigenvalue weighted by Crippen LogP contribution is -2.36. The van der Waals surface area contributed by atoms with E-state index in [4.69, 9.17) is 14.6 Å². The SMILES string of the molecule is CCCCCCCCCCCCCCCCCCC(CCOc1ccccc1)OC(=O)C(CC(=O)O)S(=O)(=O)O. The van der Waals surface area contributed by atoms with Crippen molar-refractivity contribution in [2.45, 2.75) is 140 Å². The summed E-state index contributed by atoms with van der Waals surface area (Å²) in [6.45, 7) is 2.50. The average molecular weight is 585 g/mol. The molecule has 0 aromatic heterocycles. The van der Waals surface area contributed by atoms with Crippen molar-refractivity contribution in [2.75, 3.05) is 6.61 Å². The van der Waals surface area contributed by atoms with Crippen molar-refractivity contribution < 1.29 is 37.1 Å². The van der Waals surface area contributed by atoms with Gasteiger partial charge in [-0.2, -0.15) is 8.42 Å². The number of rotatable bonds is 26. The fourth-order valence-electron chi connectivity index (χ4n) is 4.72. The third-order valence-corrected chi connectivity index (χ3v) is 8.17. The molecule has 1 aromatic rings. The smallest absolute Gasteiger partial charge is 0.327 e. The van der Waals surface area contributed by atoms with Gasteiger partial charge >= 0.3 is 11.9 Å². The van der Waals surface area contributed by atoms with Crippen LogP contribution in [0.25, 0.3) is 0 Å². The Morgan fingerprint density at radius 2 is 1.23 bits per heavy atom. The van der Waals surface area contributed by atoms with Crippen LogP contribution in [-0.4, -0.2) is 48.0 Å². The topological polar surface area (TPSA) is 127 Å². The minimum Gasteiger partial charge on any atom is -0.493 e. The van der Waals surface area contributed by atoms with Crippen LogP contribution in [0.5, 0.6) is 5.75 Å². The summed E-state index contributed by atoms with van der Waals surface area (Å²) in [5, 5.41) is 6.81. The number of esters is 1. The fraction of sp³-hybridized carbons (Fsp3) is 0.742. The number of benzene rings is 1. The quantitative estimate of drug-likeness (QED) is 0.0643. The van der Waals surface area contributed by atoms with E-state index in [1.165, 1.54) is 77.0 Å². The second-order valence-electron chi connectivity index (χ2n) is 10.7. The van der Waals surface area contributed by atoms with Gasteiger partial charge in [-0.1, -0.05) is 121 Å². The summed E-state index contributed by atoms with van der Waals surface area (Å²) >= 11 is 0. The average Bonchev–Trinajstić information content (AvgIpc) is 2.91. The number of para-hydroxylation sites is 1. The molecule has 0 bridgehead atoms. The third-order valence-electron chi connectivity index (χ3n) is 7.10. The highest BCUT2D eigenvalue weighted by Crippen LogP contribution is 2.18. The van der Waals surface area contributed by atoms with Crippen molar-refractivity contribution in [1.82, 2.24) is 0 Å². The van der Waals surface area contributed by atoms with Crippen LogP contribution in [0.2, 0.25) is 0 Å². The van der Waals surface area contributed by atoms with Gasteiger partial charge in [0.25, 0.3) is 10.1 Å². The molecule has 0 aliphatic rings.